The molecule has 0 aliphatic heterocycles. The number of H-pyrrole nitrogens is 1. The number of aromatic amines is 1. The summed E-state index contributed by atoms with van der Waals surface area (Å²) in [6, 6.07) is 3.90. The van der Waals surface area contributed by atoms with E-state index in [-0.39, 0.29) is 10.8 Å². The molecule has 0 bridgehead atoms. The van der Waals surface area contributed by atoms with Crippen LogP contribution >= 0.6 is 11.6 Å². The average molecular weight is 346 g/mol. The molecule has 0 fully saturated rings. The van der Waals surface area contributed by atoms with Gasteiger partial charge in [0.05, 0.1) is 17.0 Å². The number of nitrogens with zero attached hydrogens (tertiary/aromatic N) is 1. The van der Waals surface area contributed by atoms with Crippen LogP contribution in [0.2, 0.25) is 5.02 Å². The fourth-order valence-corrected chi connectivity index (χ4v) is 3.41. The van der Waals surface area contributed by atoms with Crippen LogP contribution in [0.4, 0.5) is 4.39 Å². The molecule has 0 aliphatic carbocycles. The summed E-state index contributed by atoms with van der Waals surface area (Å²) in [6.07, 6.45) is 3.15. The highest BCUT2D eigenvalue weighted by Crippen LogP contribution is 2.17. The van der Waals surface area contributed by atoms with Crippen molar-refractivity contribution in [2.75, 3.05) is 6.54 Å². The second kappa shape index (κ2) is 7.21. The van der Waals surface area contributed by atoms with Crippen LogP contribution in [-0.4, -0.2) is 25.2 Å². The van der Waals surface area contributed by atoms with E-state index in [1.54, 1.807) is 6.20 Å². The normalized spacial score (nSPS) is 11.8. The second-order valence-corrected chi connectivity index (χ2v) is 7.24. The summed E-state index contributed by atoms with van der Waals surface area (Å²) in [5.74, 6) is -0.788. The third-order valence-electron chi connectivity index (χ3n) is 3.22. The molecule has 0 amide bonds. The summed E-state index contributed by atoms with van der Waals surface area (Å²) in [7, 11) is -3.47. The van der Waals surface area contributed by atoms with Gasteiger partial charge in [0.15, 0.2) is 0 Å². The van der Waals surface area contributed by atoms with E-state index in [1.165, 1.54) is 12.1 Å². The number of sulfonamides is 1. The number of halogens is 2. The number of aromatic nitrogens is 2. The molecule has 1 heterocycles. The zero-order valence-electron chi connectivity index (χ0n) is 12.1. The van der Waals surface area contributed by atoms with Gasteiger partial charge in [-0.25, -0.2) is 17.5 Å². The summed E-state index contributed by atoms with van der Waals surface area (Å²) in [5.41, 5.74) is 2.51. The van der Waals surface area contributed by atoms with Crippen molar-refractivity contribution in [3.05, 3.63) is 52.1 Å². The van der Waals surface area contributed by atoms with Crippen LogP contribution in [0.3, 0.4) is 0 Å². The van der Waals surface area contributed by atoms with E-state index < -0.39 is 15.8 Å². The maximum Gasteiger partial charge on any atom is 0.215 e. The third-order valence-corrected chi connectivity index (χ3v) is 4.87. The minimum Gasteiger partial charge on any atom is -0.283 e. The van der Waals surface area contributed by atoms with Gasteiger partial charge in [-0.05, 0) is 43.0 Å². The molecule has 22 heavy (non-hydrogen) atoms. The second-order valence-electron chi connectivity index (χ2n) is 5.03. The van der Waals surface area contributed by atoms with Crippen molar-refractivity contribution in [2.24, 2.45) is 0 Å². The van der Waals surface area contributed by atoms with E-state index in [2.05, 4.69) is 14.9 Å². The first-order chi connectivity index (χ1) is 10.4. The average Bonchev–Trinajstić information content (AvgIpc) is 2.84. The molecule has 1 aromatic carbocycles. The Morgan fingerprint density at radius 2 is 2.18 bits per heavy atom. The maximum absolute atomic E-state index is 13.0. The van der Waals surface area contributed by atoms with E-state index in [0.717, 1.165) is 23.7 Å². The highest BCUT2D eigenvalue weighted by atomic mass is 35.5. The first kappa shape index (κ1) is 16.9. The molecule has 5 nitrogen and oxygen atoms in total. The fraction of sp³-hybridized carbons (Fsp3) is 0.357. The first-order valence-corrected chi connectivity index (χ1v) is 8.80. The smallest absolute Gasteiger partial charge is 0.215 e. The molecule has 0 unspecified atom stereocenters. The Bertz CT molecular complexity index is 746. The number of nitrogens with one attached hydrogen (secondary N) is 2. The van der Waals surface area contributed by atoms with E-state index in [0.29, 0.717) is 18.5 Å². The zero-order valence-corrected chi connectivity index (χ0v) is 13.6. The Morgan fingerprint density at radius 1 is 1.41 bits per heavy atom. The maximum atomic E-state index is 13.0. The molecule has 0 atom stereocenters. The molecule has 120 valence electrons. The summed E-state index contributed by atoms with van der Waals surface area (Å²) in [5, 5.41) is 6.67. The predicted octanol–water partition coefficient (Wildman–Crippen LogP) is 2.56. The van der Waals surface area contributed by atoms with Gasteiger partial charge < -0.3 is 0 Å². The lowest BCUT2D eigenvalue weighted by atomic mass is 10.1. The zero-order chi connectivity index (χ0) is 16.2. The van der Waals surface area contributed by atoms with E-state index in [1.807, 2.05) is 6.92 Å². The number of hydrogen-bond donors (Lipinski definition) is 2. The number of hydrogen-bond acceptors (Lipinski definition) is 3. The van der Waals surface area contributed by atoms with Crippen molar-refractivity contribution in [3.63, 3.8) is 0 Å². The van der Waals surface area contributed by atoms with Crippen molar-refractivity contribution >= 4 is 21.6 Å². The first-order valence-electron chi connectivity index (χ1n) is 6.77. The third kappa shape index (κ3) is 4.79. The van der Waals surface area contributed by atoms with E-state index in [4.69, 9.17) is 11.6 Å². The van der Waals surface area contributed by atoms with Gasteiger partial charge in [0.1, 0.15) is 5.82 Å². The molecule has 0 saturated carbocycles. The molecule has 0 spiro atoms. The Hall–Kier alpha value is -1.44. The number of rotatable bonds is 7. The van der Waals surface area contributed by atoms with Crippen molar-refractivity contribution in [3.8, 4) is 0 Å². The van der Waals surface area contributed by atoms with Gasteiger partial charge in [-0.2, -0.15) is 5.10 Å². The summed E-state index contributed by atoms with van der Waals surface area (Å²) in [4.78, 5) is 0. The van der Waals surface area contributed by atoms with Crippen LogP contribution in [0.25, 0.3) is 0 Å². The lowest BCUT2D eigenvalue weighted by Gasteiger charge is -2.07. The van der Waals surface area contributed by atoms with Gasteiger partial charge in [-0.1, -0.05) is 17.7 Å². The molecular formula is C14H17ClFN3O2S. The standard InChI is InChI=1S/C14H17ClFN3O2S/c1-10-12(8-17-19-10)3-2-6-18-22(20,21)9-11-4-5-14(16)13(15)7-11/h4-5,7-8,18H,2-3,6,9H2,1H3,(H,17,19). The van der Waals surface area contributed by atoms with Crippen molar-refractivity contribution in [1.82, 2.24) is 14.9 Å². The largest absolute Gasteiger partial charge is 0.283 e. The van der Waals surface area contributed by atoms with Gasteiger partial charge in [0, 0.05) is 12.2 Å². The molecule has 0 radical (unpaired) electrons. The minimum atomic E-state index is -3.47. The Labute approximate surface area is 133 Å². The minimum absolute atomic E-state index is 0.0804. The number of benzene rings is 1. The topological polar surface area (TPSA) is 74.8 Å². The highest BCUT2D eigenvalue weighted by Gasteiger charge is 2.12. The molecular weight excluding hydrogens is 329 g/mol. The summed E-state index contributed by atoms with van der Waals surface area (Å²) >= 11 is 5.64. The molecule has 2 rings (SSSR count). The van der Waals surface area contributed by atoms with Crippen LogP contribution in [0, 0.1) is 12.7 Å². The highest BCUT2D eigenvalue weighted by molar-refractivity contribution is 7.88. The van der Waals surface area contributed by atoms with Gasteiger partial charge in [0.2, 0.25) is 10.0 Å². The predicted molar refractivity (Wildman–Crippen MR) is 83.7 cm³/mol. The summed E-state index contributed by atoms with van der Waals surface area (Å²) in [6.45, 7) is 2.26. The molecule has 2 aromatic rings. The number of aryl methyl sites for hydroxylation is 2. The fourth-order valence-electron chi connectivity index (χ4n) is 2.03. The molecule has 8 heteroatoms. The Balaban J connectivity index is 1.83. The van der Waals surface area contributed by atoms with E-state index >= 15 is 0 Å². The molecule has 1 aromatic heterocycles. The lowest BCUT2D eigenvalue weighted by molar-refractivity contribution is 0.578. The van der Waals surface area contributed by atoms with Crippen LogP contribution in [0.5, 0.6) is 0 Å². The van der Waals surface area contributed by atoms with Gasteiger partial charge in [0.25, 0.3) is 0 Å². The van der Waals surface area contributed by atoms with Crippen LogP contribution in [0.1, 0.15) is 23.2 Å². The van der Waals surface area contributed by atoms with E-state index in [9.17, 15) is 12.8 Å². The van der Waals surface area contributed by atoms with Crippen molar-refractivity contribution in [2.45, 2.75) is 25.5 Å². The van der Waals surface area contributed by atoms with Crippen LogP contribution in [-0.2, 0) is 22.2 Å². The van der Waals surface area contributed by atoms with Crippen LogP contribution < -0.4 is 4.72 Å². The van der Waals surface area contributed by atoms with Gasteiger partial charge in [-0.3, -0.25) is 5.10 Å². The molecule has 0 saturated heterocycles. The van der Waals surface area contributed by atoms with Crippen molar-refractivity contribution < 1.29 is 12.8 Å². The quantitative estimate of drug-likeness (QED) is 0.757. The SMILES string of the molecule is Cc1[nH]ncc1CCCNS(=O)(=O)Cc1ccc(F)c(Cl)c1. The lowest BCUT2D eigenvalue weighted by Crippen LogP contribution is -2.26. The summed E-state index contributed by atoms with van der Waals surface area (Å²) < 4.78 is 39.5. The van der Waals surface area contributed by atoms with Crippen LogP contribution in [0.15, 0.2) is 24.4 Å². The Morgan fingerprint density at radius 3 is 2.82 bits per heavy atom. The molecule has 2 N–H and O–H groups in total. The van der Waals surface area contributed by atoms with Crippen molar-refractivity contribution in [1.29, 1.82) is 0 Å². The Kier molecular flexibility index (Phi) is 5.55. The van der Waals surface area contributed by atoms with Gasteiger partial charge >= 0.3 is 0 Å². The molecule has 0 aliphatic rings. The monoisotopic (exact) mass is 345 g/mol. The van der Waals surface area contributed by atoms with Gasteiger partial charge in [-0.15, -0.1) is 0 Å².